The summed E-state index contributed by atoms with van der Waals surface area (Å²) in [5.74, 6) is 1.58. The summed E-state index contributed by atoms with van der Waals surface area (Å²) in [6, 6.07) is 19.7. The van der Waals surface area contributed by atoms with Crippen molar-refractivity contribution in [1.82, 2.24) is 0 Å². The molecule has 2 rings (SSSR count). The largest absolute Gasteiger partial charge is 0.0917 e. The van der Waals surface area contributed by atoms with Gasteiger partial charge < -0.3 is 0 Å². The molecule has 0 spiro atoms. The highest BCUT2D eigenvalue weighted by atomic mass is 14.2. The fraction of sp³-hybridized carbons (Fsp3) is 0.391. The Morgan fingerprint density at radius 3 is 2.13 bits per heavy atom. The molecule has 0 heteroatoms. The molecule has 0 aromatic heterocycles. The lowest BCUT2D eigenvalue weighted by Crippen LogP contribution is -2.07. The van der Waals surface area contributed by atoms with Gasteiger partial charge in [0.25, 0.3) is 0 Å². The second-order valence-electron chi connectivity index (χ2n) is 6.71. The molecule has 0 heterocycles. The summed E-state index contributed by atoms with van der Waals surface area (Å²) in [5.41, 5.74) is 4.06. The molecule has 0 radical (unpaired) electrons. The zero-order valence-electron chi connectivity index (χ0n) is 14.8. The van der Waals surface area contributed by atoms with Gasteiger partial charge in [0.05, 0.1) is 0 Å². The minimum Gasteiger partial charge on any atom is -0.0917 e. The first-order valence-electron chi connectivity index (χ1n) is 8.96. The third kappa shape index (κ3) is 5.71. The Bertz CT molecular complexity index is 577. The zero-order valence-corrected chi connectivity index (χ0v) is 14.8. The number of aryl methyl sites for hydroxylation is 1. The van der Waals surface area contributed by atoms with Crippen molar-refractivity contribution in [2.24, 2.45) is 11.8 Å². The maximum atomic E-state index is 2.40. The highest BCUT2D eigenvalue weighted by Gasteiger charge is 2.10. The van der Waals surface area contributed by atoms with Crippen molar-refractivity contribution in [3.05, 3.63) is 72.3 Å². The lowest BCUT2D eigenvalue weighted by atomic mass is 9.88. The highest BCUT2D eigenvalue weighted by Crippen LogP contribution is 2.23. The number of allylic oxidation sites excluding steroid dienone is 2. The predicted molar refractivity (Wildman–Crippen MR) is 103 cm³/mol. The van der Waals surface area contributed by atoms with Gasteiger partial charge in [-0.15, -0.1) is 0 Å². The van der Waals surface area contributed by atoms with Crippen molar-refractivity contribution < 1.29 is 0 Å². The lowest BCUT2D eigenvalue weighted by molar-refractivity contribution is 0.359. The molecule has 0 bridgehead atoms. The van der Waals surface area contributed by atoms with Crippen LogP contribution in [0.15, 0.2) is 66.7 Å². The highest BCUT2D eigenvalue weighted by molar-refractivity contribution is 5.63. The van der Waals surface area contributed by atoms with E-state index in [0.717, 1.165) is 11.8 Å². The molecular formula is C23H30. The molecule has 0 nitrogen and oxygen atoms in total. The van der Waals surface area contributed by atoms with Gasteiger partial charge in [0.15, 0.2) is 0 Å². The third-order valence-corrected chi connectivity index (χ3v) is 4.90. The maximum Gasteiger partial charge on any atom is -0.0184 e. The van der Waals surface area contributed by atoms with E-state index in [2.05, 4.69) is 87.5 Å². The molecule has 122 valence electrons. The van der Waals surface area contributed by atoms with E-state index < -0.39 is 0 Å². The predicted octanol–water partition coefficient (Wildman–Crippen LogP) is 6.91. The van der Waals surface area contributed by atoms with E-state index in [0.29, 0.717) is 0 Å². The summed E-state index contributed by atoms with van der Waals surface area (Å²) in [6.45, 7) is 6.88. The van der Waals surface area contributed by atoms with Gasteiger partial charge in [0, 0.05) is 0 Å². The van der Waals surface area contributed by atoms with E-state index in [1.54, 1.807) is 0 Å². The van der Waals surface area contributed by atoms with E-state index in [-0.39, 0.29) is 0 Å². The van der Waals surface area contributed by atoms with Crippen molar-refractivity contribution in [3.63, 3.8) is 0 Å². The fourth-order valence-electron chi connectivity index (χ4n) is 2.99. The molecule has 0 amide bonds. The minimum atomic E-state index is 0.784. The summed E-state index contributed by atoms with van der Waals surface area (Å²) in [5, 5.41) is 0. The Hall–Kier alpha value is -1.82. The van der Waals surface area contributed by atoms with E-state index in [4.69, 9.17) is 0 Å². The molecule has 0 fully saturated rings. The fourth-order valence-corrected chi connectivity index (χ4v) is 2.99. The quantitative estimate of drug-likeness (QED) is 0.464. The van der Waals surface area contributed by atoms with Crippen LogP contribution in [0.4, 0.5) is 0 Å². The molecular weight excluding hydrogens is 276 g/mol. The van der Waals surface area contributed by atoms with Crippen LogP contribution in [0, 0.1) is 11.8 Å². The zero-order chi connectivity index (χ0) is 16.5. The Balaban J connectivity index is 1.80. The summed E-state index contributed by atoms with van der Waals surface area (Å²) in [6.07, 6.45) is 9.46. The van der Waals surface area contributed by atoms with Crippen molar-refractivity contribution in [2.45, 2.75) is 46.5 Å². The van der Waals surface area contributed by atoms with Crippen LogP contribution in [0.1, 0.15) is 45.6 Å². The molecule has 2 unspecified atom stereocenters. The Kier molecular flexibility index (Phi) is 7.13. The van der Waals surface area contributed by atoms with Crippen LogP contribution in [-0.4, -0.2) is 0 Å². The van der Waals surface area contributed by atoms with Gasteiger partial charge in [0.2, 0.25) is 0 Å². The monoisotopic (exact) mass is 306 g/mol. The van der Waals surface area contributed by atoms with E-state index in [1.165, 1.54) is 42.4 Å². The molecule has 23 heavy (non-hydrogen) atoms. The number of hydrogen-bond acceptors (Lipinski definition) is 0. The van der Waals surface area contributed by atoms with Crippen molar-refractivity contribution in [1.29, 1.82) is 0 Å². The van der Waals surface area contributed by atoms with Crippen LogP contribution >= 0.6 is 0 Å². The molecule has 2 atom stereocenters. The van der Waals surface area contributed by atoms with Crippen LogP contribution < -0.4 is 0 Å². The van der Waals surface area contributed by atoms with Gasteiger partial charge in [-0.3, -0.25) is 0 Å². The van der Waals surface area contributed by atoms with Gasteiger partial charge in [-0.1, -0.05) is 87.0 Å². The summed E-state index contributed by atoms with van der Waals surface area (Å²) in [4.78, 5) is 0. The Morgan fingerprint density at radius 1 is 0.826 bits per heavy atom. The van der Waals surface area contributed by atoms with Crippen LogP contribution in [0.5, 0.6) is 0 Å². The maximum absolute atomic E-state index is 2.40. The van der Waals surface area contributed by atoms with Gasteiger partial charge in [0.1, 0.15) is 0 Å². The topological polar surface area (TPSA) is 0 Å². The number of benzene rings is 2. The Labute approximate surface area is 142 Å². The summed E-state index contributed by atoms with van der Waals surface area (Å²) in [7, 11) is 0. The molecule has 2 aromatic carbocycles. The van der Waals surface area contributed by atoms with Gasteiger partial charge in [-0.05, 0) is 54.7 Å². The summed E-state index contributed by atoms with van der Waals surface area (Å²) >= 11 is 0. The van der Waals surface area contributed by atoms with Gasteiger partial charge >= 0.3 is 0 Å². The van der Waals surface area contributed by atoms with Gasteiger partial charge in [-0.2, -0.15) is 0 Å². The normalized spacial score (nSPS) is 14.0. The van der Waals surface area contributed by atoms with E-state index >= 15 is 0 Å². The standard InChI is InChI=1S/C23H30/c1-4-5-10-19(2)20(3)11-9-12-21-15-17-23(18-16-21)22-13-7-6-8-14-22/h4-8,13-20H,9-12H2,1-3H3. The van der Waals surface area contributed by atoms with E-state index in [1.807, 2.05) is 0 Å². The second kappa shape index (κ2) is 9.35. The van der Waals surface area contributed by atoms with Crippen molar-refractivity contribution in [2.75, 3.05) is 0 Å². The van der Waals surface area contributed by atoms with Crippen LogP contribution in [0.2, 0.25) is 0 Å². The average molecular weight is 306 g/mol. The smallest absolute Gasteiger partial charge is 0.0184 e. The first-order chi connectivity index (χ1) is 11.2. The van der Waals surface area contributed by atoms with Crippen LogP contribution in [-0.2, 0) is 6.42 Å². The molecule has 2 aromatic rings. The summed E-state index contributed by atoms with van der Waals surface area (Å²) < 4.78 is 0. The minimum absolute atomic E-state index is 0.784. The Morgan fingerprint density at radius 2 is 1.48 bits per heavy atom. The third-order valence-electron chi connectivity index (χ3n) is 4.90. The second-order valence-corrected chi connectivity index (χ2v) is 6.71. The van der Waals surface area contributed by atoms with Crippen molar-refractivity contribution in [3.8, 4) is 11.1 Å². The van der Waals surface area contributed by atoms with Crippen LogP contribution in [0.3, 0.4) is 0 Å². The molecule has 0 aliphatic rings. The first kappa shape index (κ1) is 17.5. The molecule has 0 aliphatic heterocycles. The first-order valence-corrected chi connectivity index (χ1v) is 8.96. The average Bonchev–Trinajstić information content (AvgIpc) is 2.61. The molecule has 0 aliphatic carbocycles. The van der Waals surface area contributed by atoms with Crippen LogP contribution in [0.25, 0.3) is 11.1 Å². The molecule has 0 saturated carbocycles. The number of rotatable bonds is 8. The molecule has 0 saturated heterocycles. The lowest BCUT2D eigenvalue weighted by Gasteiger charge is -2.18. The van der Waals surface area contributed by atoms with Gasteiger partial charge in [-0.25, -0.2) is 0 Å². The van der Waals surface area contributed by atoms with Crippen molar-refractivity contribution >= 4 is 0 Å². The SMILES string of the molecule is CC=CCC(C)C(C)CCCc1ccc(-c2ccccc2)cc1. The number of hydrogen-bond donors (Lipinski definition) is 0. The molecule has 0 N–H and O–H groups in total. The van der Waals surface area contributed by atoms with E-state index in [9.17, 15) is 0 Å².